The predicted molar refractivity (Wildman–Crippen MR) is 75.5 cm³/mol. The molecule has 0 aliphatic carbocycles. The fourth-order valence-corrected chi connectivity index (χ4v) is 2.68. The molecule has 2 aromatic rings. The van der Waals surface area contributed by atoms with Crippen LogP contribution in [0, 0.1) is 10.4 Å². The summed E-state index contributed by atoms with van der Waals surface area (Å²) in [5.41, 5.74) is 1.57. The Morgan fingerprint density at radius 1 is 0.800 bits per heavy atom. The zero-order valence-corrected chi connectivity index (χ0v) is 12.5. The molecule has 0 N–H and O–H groups in total. The van der Waals surface area contributed by atoms with E-state index in [0.29, 0.717) is 0 Å². The molecule has 20 heavy (non-hydrogen) atoms. The number of nitrogens with zero attached hydrogens (tertiary/aromatic N) is 2. The third kappa shape index (κ3) is 4.90. The number of aryl methyl sites for hydroxylation is 2. The average Bonchev–Trinajstić information content (AvgIpc) is 2.42. The van der Waals surface area contributed by atoms with Gasteiger partial charge >= 0.3 is 0 Å². The normalized spacial score (nSPS) is 10.0. The quantitative estimate of drug-likeness (QED) is 0.370. The predicted octanol–water partition coefficient (Wildman–Crippen LogP) is -1.52. The summed E-state index contributed by atoms with van der Waals surface area (Å²) >= 11 is 1.76. The van der Waals surface area contributed by atoms with Gasteiger partial charge in [0.25, 0.3) is 0 Å². The molecule has 6 heteroatoms. The van der Waals surface area contributed by atoms with Crippen LogP contribution < -0.4 is 21.9 Å². The first-order chi connectivity index (χ1) is 9.27. The maximum absolute atomic E-state index is 11.4. The number of rotatable bonds is 6. The Bertz CT molecular complexity index is 493. The van der Waals surface area contributed by atoms with Crippen molar-refractivity contribution in [1.29, 1.82) is 0 Å². The highest BCUT2D eigenvalue weighted by Gasteiger charge is 2.05. The lowest BCUT2D eigenvalue weighted by molar-refractivity contribution is -0.613. The number of aromatic nitrogens is 2. The molecule has 0 aliphatic rings. The fourth-order valence-electron chi connectivity index (χ4n) is 1.77. The number of hydrogen-bond donors (Lipinski definition) is 0. The largest absolute Gasteiger partial charge is 1.00 e. The first-order valence-electron chi connectivity index (χ1n) is 6.19. The first kappa shape index (κ1) is 16.6. The summed E-state index contributed by atoms with van der Waals surface area (Å²) < 4.78 is 1.81. The van der Waals surface area contributed by atoms with E-state index in [1.54, 1.807) is 23.9 Å². The molecule has 0 saturated carbocycles. The summed E-state index contributed by atoms with van der Waals surface area (Å²) in [6.07, 6.45) is 4.54. The number of hydrogen-bond acceptors (Lipinski definition) is 3. The molecule has 0 atom stereocenters. The van der Waals surface area contributed by atoms with E-state index in [0.717, 1.165) is 45.2 Å². The molecular weight excluding hydrogens is 296 g/mol. The van der Waals surface area contributed by atoms with Crippen molar-refractivity contribution < 1.29 is 21.9 Å². The summed E-state index contributed by atoms with van der Waals surface area (Å²) in [6, 6.07) is 10.9. The van der Waals surface area contributed by atoms with Crippen LogP contribution in [0.15, 0.2) is 48.8 Å². The van der Waals surface area contributed by atoms with E-state index < -0.39 is 0 Å². The number of thioether (sulfide) groups is 1. The molecule has 0 radical (unpaired) electrons. The van der Waals surface area contributed by atoms with E-state index >= 15 is 0 Å². The van der Waals surface area contributed by atoms with Crippen LogP contribution in [0.25, 0.3) is 0 Å². The van der Waals surface area contributed by atoms with Crippen LogP contribution in [0.3, 0.4) is 0 Å². The van der Waals surface area contributed by atoms with Crippen molar-refractivity contribution in [2.24, 2.45) is 0 Å². The summed E-state index contributed by atoms with van der Waals surface area (Å²) in [5.74, 6) is 1.77. The minimum atomic E-state index is 0. The lowest BCUT2D eigenvalue weighted by atomic mass is 10.3. The molecule has 0 aromatic carbocycles. The second-order valence-electron chi connectivity index (χ2n) is 4.15. The van der Waals surface area contributed by atoms with E-state index in [2.05, 4.69) is 0 Å². The molecule has 108 valence electrons. The molecule has 2 heterocycles. The van der Waals surface area contributed by atoms with Gasteiger partial charge in [-0.15, -0.1) is 0 Å². The number of pyridine rings is 2. The maximum Gasteiger partial charge on any atom is 0.193 e. The summed E-state index contributed by atoms with van der Waals surface area (Å²) in [4.78, 5) is 0. The van der Waals surface area contributed by atoms with Gasteiger partial charge in [-0.1, -0.05) is 12.1 Å². The van der Waals surface area contributed by atoms with E-state index in [-0.39, 0.29) is 12.4 Å². The summed E-state index contributed by atoms with van der Waals surface area (Å²) in [5, 5.41) is 22.8. The van der Waals surface area contributed by atoms with Gasteiger partial charge in [0.05, 0.1) is 0 Å². The van der Waals surface area contributed by atoms with E-state index in [1.807, 2.05) is 24.3 Å². The topological polar surface area (TPSA) is 53.9 Å². The second kappa shape index (κ2) is 8.66. The molecule has 0 fully saturated rings. The molecule has 0 spiro atoms. The van der Waals surface area contributed by atoms with Crippen LogP contribution >= 0.6 is 11.8 Å². The number of halogens is 1. The third-order valence-electron chi connectivity index (χ3n) is 2.81. The summed E-state index contributed by atoms with van der Waals surface area (Å²) in [7, 11) is 0. The van der Waals surface area contributed by atoms with E-state index in [1.165, 1.54) is 12.4 Å². The Labute approximate surface area is 129 Å². The molecule has 2 aromatic heterocycles. The van der Waals surface area contributed by atoms with Crippen LogP contribution in [0.1, 0.15) is 11.4 Å². The van der Waals surface area contributed by atoms with Crippen molar-refractivity contribution in [2.75, 3.05) is 11.5 Å². The van der Waals surface area contributed by atoms with Crippen molar-refractivity contribution in [2.45, 2.75) is 12.8 Å². The maximum atomic E-state index is 11.4. The zero-order chi connectivity index (χ0) is 13.5. The first-order valence-corrected chi connectivity index (χ1v) is 7.35. The second-order valence-corrected chi connectivity index (χ2v) is 5.37. The molecule has 0 unspecified atom stereocenters. The smallest absolute Gasteiger partial charge is 0.193 e. The Balaban J connectivity index is 0.00000200. The van der Waals surface area contributed by atoms with Gasteiger partial charge in [-0.2, -0.15) is 21.2 Å². The standard InChI is InChI=1S/C14H16N2O2S.ClH/c17-15-9-3-1-5-13(15)7-11-19-12-8-14-6-2-4-10-16(14)18;/h1-6,9-10H,7-8,11-12H2;1H/p-1. The van der Waals surface area contributed by atoms with Gasteiger partial charge in [-0.25, -0.2) is 0 Å². The Hall–Kier alpha value is -1.46. The van der Waals surface area contributed by atoms with Crippen molar-refractivity contribution in [1.82, 2.24) is 0 Å². The van der Waals surface area contributed by atoms with Gasteiger partial charge in [0.15, 0.2) is 23.8 Å². The van der Waals surface area contributed by atoms with Crippen LogP contribution in [-0.2, 0) is 12.8 Å². The fraction of sp³-hybridized carbons (Fsp3) is 0.286. The minimum Gasteiger partial charge on any atom is -1.00 e. The van der Waals surface area contributed by atoms with E-state index in [4.69, 9.17) is 0 Å². The van der Waals surface area contributed by atoms with Gasteiger partial charge in [0.1, 0.15) is 0 Å². The molecular formula is C14H16ClN2O2S-. The van der Waals surface area contributed by atoms with Gasteiger partial charge in [0.2, 0.25) is 0 Å². The average molecular weight is 312 g/mol. The Morgan fingerprint density at radius 3 is 1.65 bits per heavy atom. The SMILES string of the molecule is [Cl-].[O-][n+]1ccccc1CCSCCc1cccc[n+]1[O-]. The van der Waals surface area contributed by atoms with Crippen molar-refractivity contribution in [3.05, 3.63) is 70.6 Å². The van der Waals surface area contributed by atoms with Gasteiger partial charge in [-0.3, -0.25) is 0 Å². The lowest BCUT2D eigenvalue weighted by Crippen LogP contribution is -3.00. The summed E-state index contributed by atoms with van der Waals surface area (Å²) in [6.45, 7) is 0. The highest BCUT2D eigenvalue weighted by Crippen LogP contribution is 2.06. The monoisotopic (exact) mass is 311 g/mol. The van der Waals surface area contributed by atoms with E-state index in [9.17, 15) is 10.4 Å². The van der Waals surface area contributed by atoms with Crippen LogP contribution in [-0.4, -0.2) is 11.5 Å². The highest BCUT2D eigenvalue weighted by molar-refractivity contribution is 7.99. The van der Waals surface area contributed by atoms with Crippen molar-refractivity contribution >= 4 is 11.8 Å². The molecule has 0 bridgehead atoms. The van der Waals surface area contributed by atoms with Crippen molar-refractivity contribution in [3.63, 3.8) is 0 Å². The Morgan fingerprint density at radius 2 is 1.25 bits per heavy atom. The van der Waals surface area contributed by atoms with Crippen LogP contribution in [0.5, 0.6) is 0 Å². The van der Waals surface area contributed by atoms with Gasteiger partial charge in [-0.05, 0) is 0 Å². The molecule has 0 saturated heterocycles. The van der Waals surface area contributed by atoms with Gasteiger partial charge < -0.3 is 22.8 Å². The van der Waals surface area contributed by atoms with Crippen molar-refractivity contribution in [3.8, 4) is 0 Å². The minimum absolute atomic E-state index is 0. The van der Waals surface area contributed by atoms with Crippen LogP contribution in [0.2, 0.25) is 0 Å². The lowest BCUT2D eigenvalue weighted by Gasteiger charge is -2.04. The molecule has 0 amide bonds. The zero-order valence-electron chi connectivity index (χ0n) is 10.9. The Kier molecular flexibility index (Phi) is 7.18. The molecule has 2 rings (SSSR count). The third-order valence-corrected chi connectivity index (χ3v) is 3.80. The molecule has 4 nitrogen and oxygen atoms in total. The highest BCUT2D eigenvalue weighted by atomic mass is 35.5. The van der Waals surface area contributed by atoms with Crippen LogP contribution in [0.4, 0.5) is 0 Å². The van der Waals surface area contributed by atoms with Gasteiger partial charge in [0, 0.05) is 48.6 Å². The molecule has 0 aliphatic heterocycles.